The topological polar surface area (TPSA) is 77.8 Å². The van der Waals surface area contributed by atoms with Crippen LogP contribution in [-0.2, 0) is 10.2 Å². The Morgan fingerprint density at radius 3 is 2.44 bits per heavy atom. The van der Waals surface area contributed by atoms with Crippen molar-refractivity contribution in [2.75, 3.05) is 11.9 Å². The second-order valence-corrected chi connectivity index (χ2v) is 9.25. The number of carbonyl (C=O) groups is 1. The molecule has 1 heterocycles. The minimum atomic E-state index is -0.343. The number of carbonyl (C=O) groups excluding carboxylic acids is 1. The summed E-state index contributed by atoms with van der Waals surface area (Å²) < 4.78 is 16.9. The van der Waals surface area contributed by atoms with Crippen LogP contribution in [0.1, 0.15) is 26.3 Å². The summed E-state index contributed by atoms with van der Waals surface area (Å²) >= 11 is 5.92. The average Bonchev–Trinajstić information content (AvgIpc) is 2.79. The van der Waals surface area contributed by atoms with Gasteiger partial charge in [-0.1, -0.05) is 50.6 Å². The minimum Gasteiger partial charge on any atom is -0.484 e. The molecule has 0 unspecified atom stereocenters. The summed E-state index contributed by atoms with van der Waals surface area (Å²) in [5.41, 5.74) is 1.79. The van der Waals surface area contributed by atoms with Crippen molar-refractivity contribution >= 4 is 34.2 Å². The summed E-state index contributed by atoms with van der Waals surface area (Å²) in [7, 11) is 0. The Kier molecular flexibility index (Phi) is 6.61. The molecule has 0 aliphatic heterocycles. The summed E-state index contributed by atoms with van der Waals surface area (Å²) in [5, 5.41) is 3.57. The average molecular weight is 478 g/mol. The van der Waals surface area contributed by atoms with Crippen molar-refractivity contribution in [1.29, 1.82) is 0 Å². The van der Waals surface area contributed by atoms with E-state index in [1.54, 1.807) is 42.5 Å². The lowest BCUT2D eigenvalue weighted by molar-refractivity contribution is -0.118. The van der Waals surface area contributed by atoms with Crippen molar-refractivity contribution in [3.05, 3.63) is 93.8 Å². The highest BCUT2D eigenvalue weighted by Crippen LogP contribution is 2.27. The van der Waals surface area contributed by atoms with E-state index in [1.807, 2.05) is 24.3 Å². The zero-order chi connectivity index (χ0) is 24.3. The van der Waals surface area contributed by atoms with Crippen LogP contribution < -0.4 is 20.2 Å². The SMILES string of the molecule is CC(C)(C)c1ccc(Oc2coc3cc(OCC(=O)Nc4cccc(Cl)c4)ccc3c2=O)cc1. The van der Waals surface area contributed by atoms with Gasteiger partial charge < -0.3 is 19.2 Å². The monoisotopic (exact) mass is 477 g/mol. The third-order valence-electron chi connectivity index (χ3n) is 5.14. The molecule has 1 N–H and O–H groups in total. The van der Waals surface area contributed by atoms with Gasteiger partial charge in [-0.2, -0.15) is 0 Å². The molecule has 0 aliphatic carbocycles. The molecule has 3 aromatic carbocycles. The fourth-order valence-corrected chi connectivity index (χ4v) is 3.50. The van der Waals surface area contributed by atoms with E-state index < -0.39 is 0 Å². The summed E-state index contributed by atoms with van der Waals surface area (Å²) in [6.07, 6.45) is 1.28. The lowest BCUT2D eigenvalue weighted by atomic mass is 9.87. The van der Waals surface area contributed by atoms with Crippen LogP contribution in [-0.4, -0.2) is 12.5 Å². The smallest absolute Gasteiger partial charge is 0.262 e. The molecule has 1 aromatic heterocycles. The fourth-order valence-electron chi connectivity index (χ4n) is 3.31. The first-order chi connectivity index (χ1) is 16.2. The maximum absolute atomic E-state index is 12.9. The lowest BCUT2D eigenvalue weighted by Gasteiger charge is -2.19. The molecule has 1 amide bonds. The van der Waals surface area contributed by atoms with Crippen molar-refractivity contribution in [3.63, 3.8) is 0 Å². The fraction of sp³-hybridized carbons (Fsp3) is 0.185. The minimum absolute atomic E-state index is 0.0240. The summed E-state index contributed by atoms with van der Waals surface area (Å²) in [4.78, 5) is 25.0. The van der Waals surface area contributed by atoms with Gasteiger partial charge in [0.1, 0.15) is 23.3 Å². The van der Waals surface area contributed by atoms with E-state index in [-0.39, 0.29) is 29.1 Å². The predicted molar refractivity (Wildman–Crippen MR) is 133 cm³/mol. The van der Waals surface area contributed by atoms with Crippen molar-refractivity contribution in [2.24, 2.45) is 0 Å². The molecular formula is C27H24ClNO5. The largest absolute Gasteiger partial charge is 0.484 e. The molecule has 0 bridgehead atoms. The number of fused-ring (bicyclic) bond motifs is 1. The van der Waals surface area contributed by atoms with Crippen LogP contribution in [0.2, 0.25) is 5.02 Å². The Labute approximate surface area is 202 Å². The second-order valence-electron chi connectivity index (χ2n) is 8.81. The van der Waals surface area contributed by atoms with Gasteiger partial charge in [0, 0.05) is 16.8 Å². The van der Waals surface area contributed by atoms with E-state index >= 15 is 0 Å². The van der Waals surface area contributed by atoms with E-state index in [4.69, 9.17) is 25.5 Å². The number of amides is 1. The van der Waals surface area contributed by atoms with Crippen LogP contribution in [0.15, 0.2) is 82.2 Å². The van der Waals surface area contributed by atoms with Crippen molar-refractivity contribution in [3.8, 4) is 17.2 Å². The molecule has 0 fully saturated rings. The van der Waals surface area contributed by atoms with E-state index in [0.29, 0.717) is 33.2 Å². The van der Waals surface area contributed by atoms with Crippen molar-refractivity contribution in [1.82, 2.24) is 0 Å². The van der Waals surface area contributed by atoms with Crippen LogP contribution >= 0.6 is 11.6 Å². The highest BCUT2D eigenvalue weighted by atomic mass is 35.5. The Morgan fingerprint density at radius 2 is 1.74 bits per heavy atom. The van der Waals surface area contributed by atoms with E-state index in [0.717, 1.165) is 0 Å². The number of ether oxygens (including phenoxy) is 2. The number of halogens is 1. The normalized spacial score (nSPS) is 11.3. The van der Waals surface area contributed by atoms with Crippen LogP contribution in [0.3, 0.4) is 0 Å². The van der Waals surface area contributed by atoms with Crippen molar-refractivity contribution < 1.29 is 18.7 Å². The van der Waals surface area contributed by atoms with Crippen LogP contribution in [0, 0.1) is 0 Å². The third kappa shape index (κ3) is 5.58. The predicted octanol–water partition coefficient (Wildman–Crippen LogP) is 6.55. The first-order valence-electron chi connectivity index (χ1n) is 10.7. The van der Waals surface area contributed by atoms with Gasteiger partial charge in [-0.05, 0) is 53.4 Å². The molecule has 0 spiro atoms. The second kappa shape index (κ2) is 9.61. The number of benzene rings is 3. The number of hydrogen-bond acceptors (Lipinski definition) is 5. The summed E-state index contributed by atoms with van der Waals surface area (Å²) in [5.74, 6) is 0.685. The zero-order valence-electron chi connectivity index (χ0n) is 19.1. The van der Waals surface area contributed by atoms with Gasteiger partial charge in [-0.25, -0.2) is 0 Å². The van der Waals surface area contributed by atoms with Gasteiger partial charge in [-0.3, -0.25) is 9.59 Å². The highest BCUT2D eigenvalue weighted by molar-refractivity contribution is 6.30. The van der Waals surface area contributed by atoms with E-state index in [1.165, 1.54) is 11.8 Å². The molecule has 4 rings (SSSR count). The number of anilines is 1. The molecule has 0 atom stereocenters. The molecular weight excluding hydrogens is 454 g/mol. The number of rotatable bonds is 6. The Balaban J connectivity index is 1.44. The molecule has 0 saturated carbocycles. The highest BCUT2D eigenvalue weighted by Gasteiger charge is 2.15. The van der Waals surface area contributed by atoms with E-state index in [2.05, 4.69) is 26.1 Å². The molecule has 34 heavy (non-hydrogen) atoms. The molecule has 174 valence electrons. The standard InChI is InChI=1S/C27H24ClNO5/c1-27(2,3)17-7-9-20(10-8-17)34-24-15-33-23-14-21(11-12-22(23)26(24)31)32-16-25(30)29-19-6-4-5-18(28)13-19/h4-15H,16H2,1-3H3,(H,29,30). The first kappa shape index (κ1) is 23.4. The zero-order valence-corrected chi connectivity index (χ0v) is 19.8. The molecule has 4 aromatic rings. The molecule has 0 aliphatic rings. The maximum Gasteiger partial charge on any atom is 0.262 e. The third-order valence-corrected chi connectivity index (χ3v) is 5.38. The van der Waals surface area contributed by atoms with Gasteiger partial charge in [-0.15, -0.1) is 0 Å². The maximum atomic E-state index is 12.9. The Hall–Kier alpha value is -3.77. The van der Waals surface area contributed by atoms with Gasteiger partial charge in [0.05, 0.1) is 5.39 Å². The molecule has 0 saturated heterocycles. The van der Waals surface area contributed by atoms with Crippen LogP contribution in [0.25, 0.3) is 11.0 Å². The van der Waals surface area contributed by atoms with E-state index in [9.17, 15) is 9.59 Å². The van der Waals surface area contributed by atoms with Gasteiger partial charge in [0.2, 0.25) is 11.2 Å². The Morgan fingerprint density at radius 1 is 1.00 bits per heavy atom. The number of nitrogens with one attached hydrogen (secondary N) is 1. The summed E-state index contributed by atoms with van der Waals surface area (Å²) in [6.45, 7) is 6.17. The van der Waals surface area contributed by atoms with Gasteiger partial charge in [0.25, 0.3) is 5.91 Å². The van der Waals surface area contributed by atoms with Gasteiger partial charge >= 0.3 is 0 Å². The first-order valence-corrected chi connectivity index (χ1v) is 11.1. The molecule has 0 radical (unpaired) electrons. The Bertz CT molecular complexity index is 1390. The van der Waals surface area contributed by atoms with Gasteiger partial charge in [0.15, 0.2) is 6.61 Å². The lowest BCUT2D eigenvalue weighted by Crippen LogP contribution is -2.20. The summed E-state index contributed by atoms with van der Waals surface area (Å²) in [6, 6.07) is 19.2. The number of hydrogen-bond donors (Lipinski definition) is 1. The molecule has 6 nitrogen and oxygen atoms in total. The molecule has 7 heteroatoms. The van der Waals surface area contributed by atoms with Crippen molar-refractivity contribution in [2.45, 2.75) is 26.2 Å². The van der Waals surface area contributed by atoms with Crippen LogP contribution in [0.4, 0.5) is 5.69 Å². The van der Waals surface area contributed by atoms with Crippen LogP contribution in [0.5, 0.6) is 17.2 Å². The quantitative estimate of drug-likeness (QED) is 0.340.